The maximum absolute atomic E-state index is 6.76. The van der Waals surface area contributed by atoms with Crippen molar-refractivity contribution in [2.75, 3.05) is 11.4 Å². The number of nitrogens with one attached hydrogen (secondary N) is 1. The van der Waals surface area contributed by atoms with Crippen molar-refractivity contribution in [3.63, 3.8) is 0 Å². The van der Waals surface area contributed by atoms with Gasteiger partial charge in [-0.05, 0) is 65.1 Å². The van der Waals surface area contributed by atoms with Crippen LogP contribution >= 0.6 is 11.3 Å². The lowest BCUT2D eigenvalue weighted by Gasteiger charge is -2.44. The average molecular weight is 671 g/mol. The molecule has 0 saturated carbocycles. The van der Waals surface area contributed by atoms with Crippen molar-refractivity contribution in [2.45, 2.75) is 31.5 Å². The van der Waals surface area contributed by atoms with Gasteiger partial charge in [-0.3, -0.25) is 5.01 Å². The van der Waals surface area contributed by atoms with E-state index in [1.165, 1.54) is 27.0 Å². The molecule has 11 rings (SSSR count). The first-order chi connectivity index (χ1) is 24.7. The minimum atomic E-state index is 0.0668. The maximum atomic E-state index is 6.76. The Balaban J connectivity index is 1.08. The number of aromatic amines is 1. The van der Waals surface area contributed by atoms with E-state index < -0.39 is 0 Å². The molecular formula is C42H32N5O2S+. The van der Waals surface area contributed by atoms with E-state index in [0.717, 1.165) is 81.7 Å². The van der Waals surface area contributed by atoms with Gasteiger partial charge in [0.1, 0.15) is 0 Å². The topological polar surface area (TPSA) is 60.9 Å². The summed E-state index contributed by atoms with van der Waals surface area (Å²) in [4.78, 5) is 6.84. The number of H-pyrrole nitrogens is 1. The Morgan fingerprint density at radius 3 is 2.34 bits per heavy atom. The Morgan fingerprint density at radius 1 is 0.760 bits per heavy atom. The highest BCUT2D eigenvalue weighted by molar-refractivity contribution is 7.16. The molecule has 0 fully saturated rings. The summed E-state index contributed by atoms with van der Waals surface area (Å²) in [5.41, 5.74) is 11.3. The number of fused-ring (bicyclic) bond motifs is 10. The molecule has 2 unspecified atom stereocenters. The molecule has 7 nitrogen and oxygen atoms in total. The van der Waals surface area contributed by atoms with Crippen molar-refractivity contribution in [1.29, 1.82) is 0 Å². The van der Waals surface area contributed by atoms with Crippen molar-refractivity contribution >= 4 is 43.9 Å². The molecule has 7 aromatic rings. The van der Waals surface area contributed by atoms with E-state index in [-0.39, 0.29) is 12.1 Å². The lowest BCUT2D eigenvalue weighted by atomic mass is 9.86. The number of aryl methyl sites for hydroxylation is 1. The predicted molar refractivity (Wildman–Crippen MR) is 197 cm³/mol. The molecule has 0 aliphatic carbocycles. The number of benzene rings is 5. The normalized spacial score (nSPS) is 19.5. The predicted octanol–water partition coefficient (Wildman–Crippen LogP) is 8.47. The number of anilines is 1. The molecule has 2 atom stereocenters. The zero-order valence-electron chi connectivity index (χ0n) is 27.1. The standard InChI is InChI=1S/C42H32N5O2S/c1-3-9-26(10-4-1)28-15-17-37-35(23-28)45-21-19-33-30(40(45)48-37)25-31-34(47(33)44-42-43-32-13-7-8-14-39(32)50-42)20-22-46-36-24-29(27-11-5-2-6-12-27)16-18-38(36)49-41(31)46/h1-18,23-25,33-34H,19-22H2,(H,43,44)/q+1. The van der Waals surface area contributed by atoms with E-state index in [9.17, 15) is 0 Å². The van der Waals surface area contributed by atoms with Gasteiger partial charge in [-0.25, -0.2) is 0 Å². The van der Waals surface area contributed by atoms with Crippen molar-refractivity contribution < 1.29 is 13.7 Å². The molecule has 8 heteroatoms. The molecule has 242 valence electrons. The van der Waals surface area contributed by atoms with Gasteiger partial charge in [0.15, 0.2) is 12.3 Å². The fourth-order valence-corrected chi connectivity index (χ4v) is 9.08. The highest BCUT2D eigenvalue weighted by atomic mass is 32.1. The number of nitrogens with zero attached hydrogens (tertiary/aromatic N) is 4. The maximum Gasteiger partial charge on any atom is 0.379 e. The van der Waals surface area contributed by atoms with Gasteiger partial charge < -0.3 is 19.0 Å². The van der Waals surface area contributed by atoms with Crippen LogP contribution in [0.4, 0.5) is 5.69 Å². The number of hydrogen-bond donors (Lipinski definition) is 1. The van der Waals surface area contributed by atoms with Gasteiger partial charge >= 0.3 is 5.89 Å². The first-order valence-electron chi connectivity index (χ1n) is 17.3. The average Bonchev–Trinajstić information content (AvgIpc) is 3.88. The molecule has 4 aliphatic rings. The monoisotopic (exact) mass is 670 g/mol. The zero-order chi connectivity index (χ0) is 32.8. The number of rotatable bonds is 3. The van der Waals surface area contributed by atoms with E-state index in [1.54, 1.807) is 11.3 Å². The Morgan fingerprint density at radius 2 is 1.52 bits per heavy atom. The second kappa shape index (κ2) is 10.8. The third kappa shape index (κ3) is 4.28. The number of para-hydroxylation sites is 1. The van der Waals surface area contributed by atoms with Crippen LogP contribution in [0.3, 0.4) is 0 Å². The van der Waals surface area contributed by atoms with Crippen molar-refractivity contribution in [1.82, 2.24) is 9.99 Å². The van der Waals surface area contributed by atoms with Gasteiger partial charge in [-0.15, -0.1) is 5.10 Å². The molecule has 1 N–H and O–H groups in total. The molecule has 0 bridgehead atoms. The summed E-state index contributed by atoms with van der Waals surface area (Å²) in [6.07, 6.45) is 4.20. The molecule has 0 saturated heterocycles. The molecule has 0 spiro atoms. The molecule has 50 heavy (non-hydrogen) atoms. The van der Waals surface area contributed by atoms with E-state index in [1.807, 2.05) is 0 Å². The van der Waals surface area contributed by atoms with Gasteiger partial charge in [0.05, 0.1) is 33.6 Å². The lowest BCUT2D eigenvalue weighted by Crippen LogP contribution is -2.54. The van der Waals surface area contributed by atoms with E-state index in [0.29, 0.717) is 0 Å². The Hall–Kier alpha value is -5.86. The summed E-state index contributed by atoms with van der Waals surface area (Å²) in [6, 6.07) is 42.8. The highest BCUT2D eigenvalue weighted by Gasteiger charge is 2.48. The summed E-state index contributed by atoms with van der Waals surface area (Å²) in [7, 11) is 0. The summed E-state index contributed by atoms with van der Waals surface area (Å²) in [6.45, 7) is 1.69. The zero-order valence-corrected chi connectivity index (χ0v) is 27.9. The molecule has 2 aromatic heterocycles. The molecule has 6 heterocycles. The Kier molecular flexibility index (Phi) is 6.07. The van der Waals surface area contributed by atoms with E-state index in [4.69, 9.17) is 14.3 Å². The SMILES string of the molecule is C1=C2c3oc4ccc(-c5ccccc5)cc4[n+]3CCC2N(N=c2[nH]c3ccccc3s2)C2CCN3C(=C12)Oc1ccc(-c2ccccc2)cc13. The summed E-state index contributed by atoms with van der Waals surface area (Å²) >= 11 is 1.70. The summed E-state index contributed by atoms with van der Waals surface area (Å²) in [5.74, 6) is 2.69. The van der Waals surface area contributed by atoms with Crippen LogP contribution < -0.4 is 19.0 Å². The second-order valence-corrected chi connectivity index (χ2v) is 14.4. The minimum absolute atomic E-state index is 0.0668. The fourth-order valence-electron chi connectivity index (χ4n) is 8.20. The van der Waals surface area contributed by atoms with Crippen LogP contribution in [0.2, 0.25) is 0 Å². The van der Waals surface area contributed by atoms with E-state index >= 15 is 0 Å². The molecule has 5 aromatic carbocycles. The van der Waals surface area contributed by atoms with Gasteiger partial charge in [0.2, 0.25) is 16.3 Å². The van der Waals surface area contributed by atoms with Gasteiger partial charge in [-0.2, -0.15) is 4.57 Å². The largest absolute Gasteiger partial charge is 0.438 e. The van der Waals surface area contributed by atoms with Gasteiger partial charge in [0.25, 0.3) is 5.52 Å². The van der Waals surface area contributed by atoms with E-state index in [2.05, 4.69) is 147 Å². The third-order valence-corrected chi connectivity index (χ3v) is 11.5. The first kappa shape index (κ1) is 28.0. The van der Waals surface area contributed by atoms with Crippen LogP contribution in [0.25, 0.3) is 49.1 Å². The second-order valence-electron chi connectivity index (χ2n) is 13.4. The molecule has 0 amide bonds. The van der Waals surface area contributed by atoms with Crippen molar-refractivity contribution in [3.8, 4) is 28.0 Å². The van der Waals surface area contributed by atoms with Crippen LogP contribution in [0, 0.1) is 0 Å². The quantitative estimate of drug-likeness (QED) is 0.192. The summed E-state index contributed by atoms with van der Waals surface area (Å²) in [5, 5.41) is 7.77. The van der Waals surface area contributed by atoms with Crippen LogP contribution in [0.15, 0.2) is 148 Å². The fraction of sp³-hybridized carbons (Fsp3) is 0.143. The highest BCUT2D eigenvalue weighted by Crippen LogP contribution is 2.48. The molecular weight excluding hydrogens is 639 g/mol. The van der Waals surface area contributed by atoms with Crippen LogP contribution in [-0.4, -0.2) is 28.6 Å². The number of hydrogen-bond acceptors (Lipinski definition) is 6. The first-order valence-corrected chi connectivity index (χ1v) is 18.1. The number of oxazole rings is 1. The van der Waals surface area contributed by atoms with Gasteiger partial charge in [0, 0.05) is 24.6 Å². The molecule has 4 aliphatic heterocycles. The number of aromatic nitrogens is 2. The van der Waals surface area contributed by atoms with Crippen LogP contribution in [0.1, 0.15) is 18.7 Å². The lowest BCUT2D eigenvalue weighted by molar-refractivity contribution is -0.683. The third-order valence-electron chi connectivity index (χ3n) is 10.6. The smallest absolute Gasteiger partial charge is 0.379 e. The minimum Gasteiger partial charge on any atom is -0.438 e. The summed E-state index contributed by atoms with van der Waals surface area (Å²) < 4.78 is 17.1. The molecule has 0 radical (unpaired) electrons. The Bertz CT molecular complexity index is 2580. The number of thiazole rings is 1. The van der Waals surface area contributed by atoms with Crippen molar-refractivity contribution in [3.05, 3.63) is 150 Å². The Labute approximate surface area is 292 Å². The van der Waals surface area contributed by atoms with Gasteiger partial charge in [-0.1, -0.05) is 96.3 Å². The van der Waals surface area contributed by atoms with Crippen molar-refractivity contribution in [2.24, 2.45) is 5.10 Å². The van der Waals surface area contributed by atoms with Crippen LogP contribution in [-0.2, 0) is 6.54 Å². The number of ether oxygens (including phenoxy) is 1. The van der Waals surface area contributed by atoms with Crippen LogP contribution in [0.5, 0.6) is 5.75 Å².